The van der Waals surface area contributed by atoms with Crippen molar-refractivity contribution >= 4 is 6.03 Å². The van der Waals surface area contributed by atoms with Crippen molar-refractivity contribution in [1.29, 1.82) is 0 Å². The first kappa shape index (κ1) is 16.9. The Balaban J connectivity index is 2.68. The van der Waals surface area contributed by atoms with Gasteiger partial charge in [-0.3, -0.25) is 0 Å². The van der Waals surface area contributed by atoms with Crippen LogP contribution in [0.25, 0.3) is 0 Å². The van der Waals surface area contributed by atoms with E-state index in [4.69, 9.17) is 0 Å². The molecule has 0 aromatic carbocycles. The highest BCUT2D eigenvalue weighted by molar-refractivity contribution is 5.74. The Morgan fingerprint density at radius 1 is 1.20 bits per heavy atom. The van der Waals surface area contributed by atoms with Crippen LogP contribution in [0.2, 0.25) is 0 Å². The second kappa shape index (κ2) is 7.04. The van der Waals surface area contributed by atoms with Crippen molar-refractivity contribution in [3.8, 4) is 0 Å². The normalized spacial score (nSPS) is 19.3. The number of hydrogen-bond donors (Lipinski definition) is 2. The molecule has 0 aromatic heterocycles. The molecule has 1 rings (SSSR count). The van der Waals surface area contributed by atoms with Gasteiger partial charge >= 0.3 is 6.03 Å². The first-order chi connectivity index (χ1) is 9.22. The van der Waals surface area contributed by atoms with Gasteiger partial charge in [0.1, 0.15) is 0 Å². The minimum absolute atomic E-state index is 0.131. The van der Waals surface area contributed by atoms with Crippen LogP contribution < -0.4 is 10.6 Å². The molecule has 0 aromatic rings. The Bertz CT molecular complexity index is 338. The molecule has 2 N–H and O–H groups in total. The predicted molar refractivity (Wildman–Crippen MR) is 81.8 cm³/mol. The van der Waals surface area contributed by atoms with Crippen LogP contribution in [0, 0.1) is 5.92 Å². The van der Waals surface area contributed by atoms with Crippen LogP contribution in [-0.4, -0.2) is 23.8 Å². The van der Waals surface area contributed by atoms with Crippen LogP contribution >= 0.6 is 0 Å². The van der Waals surface area contributed by atoms with Crippen molar-refractivity contribution in [3.05, 3.63) is 0 Å². The molecule has 0 spiro atoms. The summed E-state index contributed by atoms with van der Waals surface area (Å²) in [6.07, 6.45) is 5.15. The van der Waals surface area contributed by atoms with Crippen molar-refractivity contribution in [1.82, 2.24) is 10.6 Å². The number of rotatable bonds is 4. The van der Waals surface area contributed by atoms with Gasteiger partial charge in [-0.25, -0.2) is 4.79 Å². The fourth-order valence-electron chi connectivity index (χ4n) is 2.18. The zero-order valence-corrected chi connectivity index (χ0v) is 13.6. The number of nitrogens with zero attached hydrogens (tertiary/aromatic N) is 2. The number of carbonyl (C=O) groups excluding carboxylic acids is 1. The first-order valence-corrected chi connectivity index (χ1v) is 7.72. The summed E-state index contributed by atoms with van der Waals surface area (Å²) in [7, 11) is 0. The van der Waals surface area contributed by atoms with Gasteiger partial charge in [0.25, 0.3) is 0 Å². The maximum absolute atomic E-state index is 12.0. The molecule has 2 amide bonds. The molecular weight excluding hydrogens is 252 g/mol. The molecule has 1 fully saturated rings. The smallest absolute Gasteiger partial charge is 0.316 e. The second-order valence-corrected chi connectivity index (χ2v) is 7.19. The molecule has 0 bridgehead atoms. The van der Waals surface area contributed by atoms with Crippen molar-refractivity contribution in [2.24, 2.45) is 16.1 Å². The van der Waals surface area contributed by atoms with E-state index in [1.807, 2.05) is 20.8 Å². The number of urea groups is 1. The van der Waals surface area contributed by atoms with Crippen LogP contribution in [-0.2, 0) is 0 Å². The van der Waals surface area contributed by atoms with Gasteiger partial charge in [0, 0.05) is 6.54 Å². The first-order valence-electron chi connectivity index (χ1n) is 7.72. The number of azo groups is 1. The summed E-state index contributed by atoms with van der Waals surface area (Å²) in [4.78, 5) is 12.0. The van der Waals surface area contributed by atoms with E-state index in [2.05, 4.69) is 34.7 Å². The lowest BCUT2D eigenvalue weighted by molar-refractivity contribution is 0.198. The van der Waals surface area contributed by atoms with Crippen molar-refractivity contribution in [2.75, 3.05) is 6.54 Å². The molecular formula is C15H30N4O. The standard InChI is InChI=1S/C15H30N4O/c1-12(2)11-16-13(20)17-15(9-7-6-8-10-15)19-18-14(3,4)5/h12H,6-11H2,1-5H3,(H2,16,17,20). The maximum Gasteiger partial charge on any atom is 0.316 e. The molecule has 116 valence electrons. The van der Waals surface area contributed by atoms with Gasteiger partial charge in [0.2, 0.25) is 0 Å². The minimum Gasteiger partial charge on any atom is -0.338 e. The Morgan fingerprint density at radius 2 is 1.80 bits per heavy atom. The van der Waals surface area contributed by atoms with Crippen LogP contribution in [0.15, 0.2) is 10.2 Å². The Hall–Kier alpha value is -1.13. The van der Waals surface area contributed by atoms with Gasteiger partial charge in [0.05, 0.1) is 5.54 Å². The lowest BCUT2D eigenvalue weighted by atomic mass is 9.89. The molecule has 0 heterocycles. The van der Waals surface area contributed by atoms with Gasteiger partial charge < -0.3 is 10.6 Å². The monoisotopic (exact) mass is 282 g/mol. The fraction of sp³-hybridized carbons (Fsp3) is 0.933. The van der Waals surface area contributed by atoms with E-state index in [-0.39, 0.29) is 11.6 Å². The topological polar surface area (TPSA) is 65.8 Å². The van der Waals surface area contributed by atoms with Crippen molar-refractivity contribution in [2.45, 2.75) is 77.9 Å². The average molecular weight is 282 g/mol. The third-order valence-electron chi connectivity index (χ3n) is 3.24. The molecule has 0 radical (unpaired) electrons. The minimum atomic E-state index is -0.507. The SMILES string of the molecule is CC(C)CNC(=O)NC1(N=NC(C)(C)C)CCCCC1. The van der Waals surface area contributed by atoms with E-state index >= 15 is 0 Å². The number of hydrogen-bond acceptors (Lipinski definition) is 3. The predicted octanol–water partition coefficient (Wildman–Crippen LogP) is 3.85. The van der Waals surface area contributed by atoms with E-state index in [1.165, 1.54) is 6.42 Å². The summed E-state index contributed by atoms with van der Waals surface area (Å²) in [5, 5.41) is 14.8. The Labute approximate surface area is 123 Å². The quantitative estimate of drug-likeness (QED) is 0.756. The summed E-state index contributed by atoms with van der Waals surface area (Å²) in [6, 6.07) is -0.131. The van der Waals surface area contributed by atoms with Gasteiger partial charge in [-0.05, 0) is 52.4 Å². The molecule has 1 aliphatic carbocycles. The fourth-order valence-corrected chi connectivity index (χ4v) is 2.18. The molecule has 1 aliphatic rings. The molecule has 0 unspecified atom stereocenters. The lowest BCUT2D eigenvalue weighted by Crippen LogP contribution is -2.52. The van der Waals surface area contributed by atoms with E-state index in [1.54, 1.807) is 0 Å². The zero-order valence-electron chi connectivity index (χ0n) is 13.6. The van der Waals surface area contributed by atoms with Crippen LogP contribution in [0.5, 0.6) is 0 Å². The number of carbonyl (C=O) groups is 1. The molecule has 1 saturated carbocycles. The highest BCUT2D eigenvalue weighted by Crippen LogP contribution is 2.30. The Kier molecular flexibility index (Phi) is 5.96. The maximum atomic E-state index is 12.0. The van der Waals surface area contributed by atoms with Gasteiger partial charge in [-0.1, -0.05) is 20.3 Å². The molecule has 5 nitrogen and oxygen atoms in total. The average Bonchev–Trinajstić information content (AvgIpc) is 2.34. The highest BCUT2D eigenvalue weighted by atomic mass is 16.2. The van der Waals surface area contributed by atoms with Crippen molar-refractivity contribution in [3.63, 3.8) is 0 Å². The molecule has 20 heavy (non-hydrogen) atoms. The number of nitrogens with one attached hydrogen (secondary N) is 2. The Morgan fingerprint density at radius 3 is 2.30 bits per heavy atom. The van der Waals surface area contributed by atoms with E-state index in [0.29, 0.717) is 12.5 Å². The van der Waals surface area contributed by atoms with E-state index in [0.717, 1.165) is 25.7 Å². The summed E-state index contributed by atoms with van der Waals surface area (Å²) < 4.78 is 0. The van der Waals surface area contributed by atoms with Crippen LogP contribution in [0.3, 0.4) is 0 Å². The van der Waals surface area contributed by atoms with Crippen LogP contribution in [0.1, 0.15) is 66.7 Å². The zero-order chi connectivity index (χ0) is 15.2. The van der Waals surface area contributed by atoms with Gasteiger partial charge in [-0.15, -0.1) is 0 Å². The summed E-state index contributed by atoms with van der Waals surface area (Å²) in [5.74, 6) is 0.444. The van der Waals surface area contributed by atoms with Crippen molar-refractivity contribution < 1.29 is 4.79 Å². The number of amides is 2. The summed E-state index contributed by atoms with van der Waals surface area (Å²) in [6.45, 7) is 10.9. The lowest BCUT2D eigenvalue weighted by Gasteiger charge is -2.34. The highest BCUT2D eigenvalue weighted by Gasteiger charge is 2.34. The molecule has 0 saturated heterocycles. The molecule has 5 heteroatoms. The second-order valence-electron chi connectivity index (χ2n) is 7.19. The van der Waals surface area contributed by atoms with Crippen LogP contribution in [0.4, 0.5) is 4.79 Å². The summed E-state index contributed by atoms with van der Waals surface area (Å²) >= 11 is 0. The summed E-state index contributed by atoms with van der Waals surface area (Å²) in [5.41, 5.74) is -0.715. The van der Waals surface area contributed by atoms with Gasteiger partial charge in [0.15, 0.2) is 5.66 Å². The van der Waals surface area contributed by atoms with E-state index in [9.17, 15) is 4.79 Å². The molecule has 0 aliphatic heterocycles. The molecule has 0 atom stereocenters. The largest absolute Gasteiger partial charge is 0.338 e. The van der Waals surface area contributed by atoms with Gasteiger partial charge in [-0.2, -0.15) is 10.2 Å². The van der Waals surface area contributed by atoms with E-state index < -0.39 is 5.66 Å². The third kappa shape index (κ3) is 6.35. The third-order valence-corrected chi connectivity index (χ3v) is 3.24.